The van der Waals surface area contributed by atoms with E-state index in [9.17, 15) is 0 Å². The van der Waals surface area contributed by atoms with Crippen molar-refractivity contribution in [1.29, 1.82) is 0 Å². The highest BCUT2D eigenvalue weighted by molar-refractivity contribution is 5.53. The summed E-state index contributed by atoms with van der Waals surface area (Å²) < 4.78 is 0. The largest absolute Gasteiger partial charge is 0.326 e. The van der Waals surface area contributed by atoms with Gasteiger partial charge in [0.15, 0.2) is 0 Å². The zero-order valence-electron chi connectivity index (χ0n) is 11.5. The fraction of sp³-hybridized carbons (Fsp3) is 0.375. The maximum Gasteiger partial charge on any atom is 0.227 e. The second-order valence-electron chi connectivity index (χ2n) is 5.35. The first-order valence-corrected chi connectivity index (χ1v) is 7.23. The van der Waals surface area contributed by atoms with Crippen LogP contribution in [0.3, 0.4) is 0 Å². The summed E-state index contributed by atoms with van der Waals surface area (Å²) in [5, 5.41) is 3.21. The molecule has 0 spiro atoms. The van der Waals surface area contributed by atoms with E-state index in [-0.39, 0.29) is 0 Å². The number of anilines is 2. The molecule has 4 heteroatoms. The summed E-state index contributed by atoms with van der Waals surface area (Å²) in [6.45, 7) is 0.562. The van der Waals surface area contributed by atoms with Crippen molar-refractivity contribution < 1.29 is 0 Å². The first kappa shape index (κ1) is 13.1. The van der Waals surface area contributed by atoms with E-state index in [2.05, 4.69) is 15.3 Å². The van der Waals surface area contributed by atoms with Crippen LogP contribution in [0.4, 0.5) is 11.6 Å². The molecule has 0 saturated heterocycles. The van der Waals surface area contributed by atoms with Gasteiger partial charge in [-0.2, -0.15) is 0 Å². The van der Waals surface area contributed by atoms with Crippen LogP contribution in [-0.2, 0) is 6.54 Å². The summed E-state index contributed by atoms with van der Waals surface area (Å²) in [5.41, 5.74) is 8.95. The predicted molar refractivity (Wildman–Crippen MR) is 80.9 cm³/mol. The van der Waals surface area contributed by atoms with Crippen LogP contribution in [-0.4, -0.2) is 9.97 Å². The van der Waals surface area contributed by atoms with Crippen LogP contribution in [0, 0.1) is 0 Å². The molecule has 1 aromatic carbocycles. The maximum atomic E-state index is 5.58. The molecule has 1 heterocycles. The topological polar surface area (TPSA) is 63.8 Å². The molecular formula is C16H20N4. The van der Waals surface area contributed by atoms with Gasteiger partial charge in [-0.3, -0.25) is 0 Å². The highest BCUT2D eigenvalue weighted by Crippen LogP contribution is 2.33. The van der Waals surface area contributed by atoms with Crippen molar-refractivity contribution in [3.63, 3.8) is 0 Å². The van der Waals surface area contributed by atoms with Crippen molar-refractivity contribution in [1.82, 2.24) is 9.97 Å². The molecule has 1 aliphatic carbocycles. The summed E-state index contributed by atoms with van der Waals surface area (Å²) in [6.07, 6.45) is 9.13. The van der Waals surface area contributed by atoms with E-state index in [4.69, 9.17) is 5.73 Å². The molecular weight excluding hydrogens is 248 g/mol. The summed E-state index contributed by atoms with van der Waals surface area (Å²) in [7, 11) is 0. The van der Waals surface area contributed by atoms with E-state index in [0.29, 0.717) is 18.4 Å². The Labute approximate surface area is 119 Å². The highest BCUT2D eigenvalue weighted by Gasteiger charge is 2.17. The number of aromatic nitrogens is 2. The molecule has 3 N–H and O–H groups in total. The Balaban J connectivity index is 1.67. The average Bonchev–Trinajstić information content (AvgIpc) is 3.03. The third-order valence-electron chi connectivity index (χ3n) is 3.94. The van der Waals surface area contributed by atoms with Crippen molar-refractivity contribution in [3.05, 3.63) is 47.8 Å². The van der Waals surface area contributed by atoms with Crippen LogP contribution in [0.2, 0.25) is 0 Å². The molecule has 4 nitrogen and oxygen atoms in total. The minimum absolute atomic E-state index is 0.562. The molecule has 1 aliphatic rings. The average molecular weight is 268 g/mol. The molecule has 1 fully saturated rings. The van der Waals surface area contributed by atoms with Crippen molar-refractivity contribution in [3.8, 4) is 0 Å². The van der Waals surface area contributed by atoms with Gasteiger partial charge in [0.05, 0.1) is 0 Å². The minimum Gasteiger partial charge on any atom is -0.326 e. The molecule has 0 bridgehead atoms. The van der Waals surface area contributed by atoms with Gasteiger partial charge in [0.1, 0.15) is 0 Å². The van der Waals surface area contributed by atoms with Gasteiger partial charge in [0.25, 0.3) is 0 Å². The van der Waals surface area contributed by atoms with E-state index in [1.807, 2.05) is 36.7 Å². The SMILES string of the molecule is NCc1ccc(Nc2ncc(C3CCCC3)cn2)cc1. The standard InChI is InChI=1S/C16H20N4/c17-9-12-5-7-15(8-6-12)20-16-18-10-14(11-19-16)13-3-1-2-4-13/h5-8,10-11,13H,1-4,9,17H2,(H,18,19,20). The third-order valence-corrected chi connectivity index (χ3v) is 3.94. The van der Waals surface area contributed by atoms with Crippen LogP contribution in [0.25, 0.3) is 0 Å². The number of hydrogen-bond donors (Lipinski definition) is 2. The summed E-state index contributed by atoms with van der Waals surface area (Å²) in [5.74, 6) is 1.31. The van der Waals surface area contributed by atoms with E-state index >= 15 is 0 Å². The lowest BCUT2D eigenvalue weighted by Crippen LogP contribution is -2.01. The molecule has 0 amide bonds. The number of rotatable bonds is 4. The van der Waals surface area contributed by atoms with Crippen LogP contribution < -0.4 is 11.1 Å². The quantitative estimate of drug-likeness (QED) is 0.892. The monoisotopic (exact) mass is 268 g/mol. The second-order valence-corrected chi connectivity index (χ2v) is 5.35. The molecule has 0 atom stereocenters. The molecule has 3 rings (SSSR count). The number of nitrogens with zero attached hydrogens (tertiary/aromatic N) is 2. The van der Waals surface area contributed by atoms with Crippen molar-refractivity contribution >= 4 is 11.6 Å². The number of benzene rings is 1. The lowest BCUT2D eigenvalue weighted by Gasteiger charge is -2.10. The lowest BCUT2D eigenvalue weighted by molar-refractivity contribution is 0.714. The van der Waals surface area contributed by atoms with Gasteiger partial charge in [-0.15, -0.1) is 0 Å². The number of hydrogen-bond acceptors (Lipinski definition) is 4. The van der Waals surface area contributed by atoms with E-state index in [1.54, 1.807) is 0 Å². The van der Waals surface area contributed by atoms with Gasteiger partial charge in [-0.05, 0) is 42.0 Å². The first-order chi connectivity index (χ1) is 9.85. The minimum atomic E-state index is 0.562. The Bertz CT molecular complexity index is 542. The molecule has 1 aromatic heterocycles. The molecule has 0 unspecified atom stereocenters. The molecule has 0 radical (unpaired) electrons. The van der Waals surface area contributed by atoms with Crippen LogP contribution in [0.1, 0.15) is 42.7 Å². The zero-order valence-corrected chi connectivity index (χ0v) is 11.5. The number of nitrogens with two attached hydrogens (primary N) is 1. The smallest absolute Gasteiger partial charge is 0.227 e. The highest BCUT2D eigenvalue weighted by atomic mass is 15.1. The zero-order chi connectivity index (χ0) is 13.8. The molecule has 20 heavy (non-hydrogen) atoms. The van der Waals surface area contributed by atoms with Crippen LogP contribution >= 0.6 is 0 Å². The summed E-state index contributed by atoms with van der Waals surface area (Å²) >= 11 is 0. The van der Waals surface area contributed by atoms with Crippen molar-refractivity contribution in [2.75, 3.05) is 5.32 Å². The Morgan fingerprint density at radius 2 is 1.70 bits per heavy atom. The molecule has 2 aromatic rings. The second kappa shape index (κ2) is 6.01. The fourth-order valence-corrected chi connectivity index (χ4v) is 2.73. The fourth-order valence-electron chi connectivity index (χ4n) is 2.73. The van der Waals surface area contributed by atoms with Gasteiger partial charge in [-0.25, -0.2) is 9.97 Å². The predicted octanol–water partition coefficient (Wildman–Crippen LogP) is 3.34. The maximum absolute atomic E-state index is 5.58. The Morgan fingerprint density at radius 3 is 2.30 bits per heavy atom. The van der Waals surface area contributed by atoms with Gasteiger partial charge in [-0.1, -0.05) is 25.0 Å². The third kappa shape index (κ3) is 2.96. The van der Waals surface area contributed by atoms with Crippen molar-refractivity contribution in [2.45, 2.75) is 38.1 Å². The van der Waals surface area contributed by atoms with Crippen molar-refractivity contribution in [2.24, 2.45) is 5.73 Å². The molecule has 1 saturated carbocycles. The first-order valence-electron chi connectivity index (χ1n) is 7.23. The Morgan fingerprint density at radius 1 is 1.05 bits per heavy atom. The van der Waals surface area contributed by atoms with Crippen LogP contribution in [0.5, 0.6) is 0 Å². The summed E-state index contributed by atoms with van der Waals surface area (Å²) in [4.78, 5) is 8.83. The number of nitrogens with one attached hydrogen (secondary N) is 1. The molecule has 0 aliphatic heterocycles. The van der Waals surface area contributed by atoms with Gasteiger partial charge in [0, 0.05) is 24.6 Å². The van der Waals surface area contributed by atoms with Crippen LogP contribution in [0.15, 0.2) is 36.7 Å². The molecule has 104 valence electrons. The van der Waals surface area contributed by atoms with E-state index in [0.717, 1.165) is 11.3 Å². The van der Waals surface area contributed by atoms with E-state index in [1.165, 1.54) is 31.2 Å². The Hall–Kier alpha value is -1.94. The van der Waals surface area contributed by atoms with Gasteiger partial charge in [0.2, 0.25) is 5.95 Å². The normalized spacial score (nSPS) is 15.4. The summed E-state index contributed by atoms with van der Waals surface area (Å²) in [6, 6.07) is 8.01. The lowest BCUT2D eigenvalue weighted by atomic mass is 10.0. The Kier molecular flexibility index (Phi) is 3.92. The van der Waals surface area contributed by atoms with Gasteiger partial charge < -0.3 is 11.1 Å². The van der Waals surface area contributed by atoms with E-state index < -0.39 is 0 Å². The van der Waals surface area contributed by atoms with Gasteiger partial charge >= 0.3 is 0 Å².